The second-order valence-electron chi connectivity index (χ2n) is 43.2. The van der Waals surface area contributed by atoms with Crippen molar-refractivity contribution in [1.82, 2.24) is 52.2 Å². The van der Waals surface area contributed by atoms with E-state index in [1.54, 1.807) is 0 Å². The average molecular weight is 1750 g/mol. The molecule has 3 spiro atoms. The first-order valence-corrected chi connectivity index (χ1v) is 50.5. The highest BCUT2D eigenvalue weighted by atomic mass is 16.5. The van der Waals surface area contributed by atoms with Crippen LogP contribution in [0.2, 0.25) is 0 Å². The van der Waals surface area contributed by atoms with Crippen LogP contribution < -0.4 is 53.2 Å². The zero-order chi connectivity index (χ0) is 93.4. The van der Waals surface area contributed by atoms with Gasteiger partial charge in [-0.25, -0.2) is 0 Å². The van der Waals surface area contributed by atoms with Gasteiger partial charge in [0.25, 0.3) is 0 Å². The standard InChI is InChI=1S/C8H15NO.C8H9N.3C7H8N2.C7H13NO.2C6H11NO.C6H11N.C5H9NO.10C4H10/c1-2-8(9-5-1)3-6-10-7-4-8;1-2-4-8-7(3-1)5-6-9-8;1-4-9-7-2-3-8-5-6(1)7;1-3-8-5-7-6(1)2-4-9-7;1-2-6-4-8-5-7(6)9-3-1;1-2-7(8-4-1)3-5-9-6-7;1-3-7-6-5(1)2-4-8-6;1-2-6(7-3-1)4-8-5-6;1-2-5-4-7-6(5)3-1;1-2-6-5-4(1)3-7-5;10*1-4(2)3/h9H,1-7H2;1-4,9H,5-6H2;2-3,5,9H,1,4H2;1,3,5,9H,2,4H2;1-3,8H,4-5H2;8H,1-6H2;5-7H,1-4H2;7H,1-5H2;5-7H,1-4H2;4-6H,1-3H2;10*4H,1-3H3/t;;;;;;5-,6+;;;4-,5+;;;;;;;;;;/m......1..1........../s1. The van der Waals surface area contributed by atoms with Crippen LogP contribution >= 0.6 is 0 Å². The zero-order valence-electron chi connectivity index (χ0n) is 86.8. The molecule has 11 saturated heterocycles. The third-order valence-electron chi connectivity index (χ3n) is 20.0. The number of ether oxygens (including phenoxy) is 5. The van der Waals surface area contributed by atoms with Crippen LogP contribution in [0.5, 0.6) is 0 Å². The summed E-state index contributed by atoms with van der Waals surface area (Å²) in [4.78, 5) is 12.2. The highest BCUT2D eigenvalue weighted by molar-refractivity contribution is 5.55. The molecule has 125 heavy (non-hydrogen) atoms. The molecule has 15 aliphatic heterocycles. The van der Waals surface area contributed by atoms with Crippen LogP contribution in [0.1, 0.15) is 332 Å². The lowest BCUT2D eigenvalue weighted by Crippen LogP contribution is -2.56. The number of benzene rings is 1. The third-order valence-corrected chi connectivity index (χ3v) is 20.0. The van der Waals surface area contributed by atoms with Crippen molar-refractivity contribution in [3.8, 4) is 0 Å². The fraction of sp³-hybridized carbons (Fsp3) is 0.804. The molecule has 0 radical (unpaired) electrons. The molecule has 3 aromatic heterocycles. The van der Waals surface area contributed by atoms with E-state index in [0.717, 1.165) is 194 Å². The van der Waals surface area contributed by atoms with Crippen LogP contribution in [-0.4, -0.2) is 162 Å². The highest BCUT2D eigenvalue weighted by Crippen LogP contribution is 2.33. The van der Waals surface area contributed by atoms with Crippen molar-refractivity contribution < 1.29 is 23.7 Å². The second kappa shape index (κ2) is 71.3. The highest BCUT2D eigenvalue weighted by Gasteiger charge is 2.41. The summed E-state index contributed by atoms with van der Waals surface area (Å²) in [5.74, 6) is 11.1. The van der Waals surface area contributed by atoms with Gasteiger partial charge >= 0.3 is 0 Å². The van der Waals surface area contributed by atoms with Gasteiger partial charge in [0.15, 0.2) is 0 Å². The topological polar surface area (TPSA) is 205 Å². The summed E-state index contributed by atoms with van der Waals surface area (Å²) >= 11 is 0. The number of rotatable bonds is 0. The first-order valence-electron chi connectivity index (χ1n) is 50.5. The molecule has 10 N–H and O–H groups in total. The minimum absolute atomic E-state index is 0.417. The molecule has 0 amide bonds. The van der Waals surface area contributed by atoms with Gasteiger partial charge in [-0.1, -0.05) is 238 Å². The fourth-order valence-corrected chi connectivity index (χ4v) is 14.4. The van der Waals surface area contributed by atoms with Gasteiger partial charge in [-0.15, -0.1) is 0 Å². The Bertz CT molecular complexity index is 2610. The van der Waals surface area contributed by atoms with Crippen molar-refractivity contribution in [1.29, 1.82) is 0 Å². The lowest BCUT2D eigenvalue weighted by atomic mass is 9.89. The number of para-hydroxylation sites is 1. The molecular formula is C107H203N13O5. The number of aromatic nitrogens is 3. The first kappa shape index (κ1) is 119. The summed E-state index contributed by atoms with van der Waals surface area (Å²) in [6.45, 7) is 85.2. The number of hydrogen-bond acceptors (Lipinski definition) is 18. The van der Waals surface area contributed by atoms with E-state index in [0.29, 0.717) is 29.1 Å². The minimum atomic E-state index is 0.417. The van der Waals surface area contributed by atoms with E-state index in [9.17, 15) is 0 Å². The Morgan fingerprint density at radius 2 is 0.768 bits per heavy atom. The molecule has 1 saturated carbocycles. The van der Waals surface area contributed by atoms with Gasteiger partial charge in [0.05, 0.1) is 49.5 Å². The Hall–Kier alpha value is -4.41. The summed E-state index contributed by atoms with van der Waals surface area (Å²) in [6.07, 6.45) is 33.7. The largest absolute Gasteiger partial charge is 0.384 e. The zero-order valence-corrected chi connectivity index (χ0v) is 86.8. The molecular weight excluding hydrogens is 1550 g/mol. The summed E-state index contributed by atoms with van der Waals surface area (Å²) in [7, 11) is 0. The smallest absolute Gasteiger partial charge is 0.113 e. The Morgan fingerprint density at radius 1 is 0.328 bits per heavy atom. The number of nitrogens with one attached hydrogen (secondary N) is 10. The number of pyridine rings is 3. The van der Waals surface area contributed by atoms with Gasteiger partial charge < -0.3 is 66.2 Å². The summed E-state index contributed by atoms with van der Waals surface area (Å²) in [5.41, 5.74) is 11.9. The minimum Gasteiger partial charge on any atom is -0.384 e. The van der Waals surface area contributed by atoms with Crippen molar-refractivity contribution in [3.63, 3.8) is 0 Å². The molecule has 18 heteroatoms. The van der Waals surface area contributed by atoms with Crippen LogP contribution in [0.4, 0.5) is 17.1 Å². The number of fused-ring (bicyclic) bond motifs is 7. The molecule has 726 valence electrons. The molecule has 18 heterocycles. The maximum Gasteiger partial charge on any atom is 0.113 e. The van der Waals surface area contributed by atoms with E-state index in [1.165, 1.54) is 174 Å². The SMILES string of the molecule is C1CC2CNC2C1.C1CNC2(C1)CCOC2.C1CNC2(C1)CCOCC2.C1CNC2(C1)COC2.C1C[C@@H]2CCO[C@@H]2N1.C1C[C@@H]2CO[C@@H]2N1.CC(C)C.CC(C)C.CC(C)C.CC(C)C.CC(C)C.CC(C)C.CC(C)C.CC(C)C.CC(C)C.CC(C)C.c1cc2c(cn1)CCN2.c1cc2c(cn1)NCC2.c1ccc2c(c1)CCN2.c1cnc2c(c1)CNC2. The monoisotopic (exact) mass is 1750 g/mol. The summed E-state index contributed by atoms with van der Waals surface area (Å²) in [6, 6.07) is 17.6. The number of nitrogens with zero attached hydrogens (tertiary/aromatic N) is 3. The van der Waals surface area contributed by atoms with Gasteiger partial charge in [0.2, 0.25) is 0 Å². The van der Waals surface area contributed by atoms with Crippen LogP contribution in [0.25, 0.3) is 0 Å². The van der Waals surface area contributed by atoms with Crippen molar-refractivity contribution in [3.05, 3.63) is 107 Å². The molecule has 3 unspecified atom stereocenters. The Kier molecular flexibility index (Phi) is 67.6. The van der Waals surface area contributed by atoms with Gasteiger partial charge in [-0.2, -0.15) is 0 Å². The second-order valence-corrected chi connectivity index (χ2v) is 43.2. The van der Waals surface area contributed by atoms with Gasteiger partial charge in [0.1, 0.15) is 12.5 Å². The molecule has 20 rings (SSSR count). The normalized spacial score (nSPS) is 23.1. The third kappa shape index (κ3) is 61.8. The summed E-state index contributed by atoms with van der Waals surface area (Å²) < 4.78 is 26.2. The molecule has 18 nitrogen and oxygen atoms in total. The predicted octanol–water partition coefficient (Wildman–Crippen LogP) is 23.7. The lowest BCUT2D eigenvalue weighted by Gasteiger charge is -2.37. The Morgan fingerprint density at radius 3 is 1.16 bits per heavy atom. The lowest BCUT2D eigenvalue weighted by molar-refractivity contribution is -0.106. The van der Waals surface area contributed by atoms with Crippen LogP contribution in [0.3, 0.4) is 0 Å². The van der Waals surface area contributed by atoms with E-state index < -0.39 is 0 Å². The molecule has 4 aromatic rings. The first-order chi connectivity index (χ1) is 59.3. The van der Waals surface area contributed by atoms with Crippen molar-refractivity contribution in [2.75, 3.05) is 128 Å². The maximum atomic E-state index is 5.37. The van der Waals surface area contributed by atoms with Crippen molar-refractivity contribution in [2.24, 2.45) is 76.9 Å². The molecule has 12 fully saturated rings. The van der Waals surface area contributed by atoms with Crippen LogP contribution in [0.15, 0.2) is 79.5 Å². The summed E-state index contributed by atoms with van der Waals surface area (Å²) in [5, 5.41) is 33.5. The van der Waals surface area contributed by atoms with E-state index in [1.807, 2.05) is 43.1 Å². The Labute approximate surface area is 772 Å². The van der Waals surface area contributed by atoms with Crippen LogP contribution in [-0.2, 0) is 56.0 Å². The molecule has 7 atom stereocenters. The number of hydrogen-bond donors (Lipinski definition) is 10. The average Bonchev–Trinajstić information content (AvgIpc) is 1.67. The molecule has 0 bridgehead atoms. The predicted molar refractivity (Wildman–Crippen MR) is 543 cm³/mol. The Balaban J connectivity index is 0.000000665. The molecule has 16 aliphatic rings. The quantitative estimate of drug-likeness (QED) is 0.0795. The van der Waals surface area contributed by atoms with Crippen LogP contribution in [0, 0.1) is 76.9 Å². The van der Waals surface area contributed by atoms with Gasteiger partial charge in [0, 0.05) is 124 Å². The van der Waals surface area contributed by atoms with Crippen molar-refractivity contribution in [2.45, 2.75) is 371 Å². The van der Waals surface area contributed by atoms with Gasteiger partial charge in [-0.3, -0.25) is 25.6 Å². The van der Waals surface area contributed by atoms with E-state index in [-0.39, 0.29) is 0 Å². The van der Waals surface area contributed by atoms with E-state index >= 15 is 0 Å². The maximum absolute atomic E-state index is 5.37. The number of anilines is 3. The van der Waals surface area contributed by atoms with E-state index in [4.69, 9.17) is 23.7 Å². The fourth-order valence-electron chi connectivity index (χ4n) is 14.4. The molecule has 1 aliphatic carbocycles. The van der Waals surface area contributed by atoms with Gasteiger partial charge in [-0.05, 0) is 260 Å². The van der Waals surface area contributed by atoms with E-state index in [2.05, 4.69) is 312 Å². The molecule has 1 aromatic carbocycles. The van der Waals surface area contributed by atoms with Crippen molar-refractivity contribution >= 4 is 17.1 Å².